The van der Waals surface area contributed by atoms with Crippen molar-refractivity contribution in [3.8, 4) is 5.88 Å². The fraction of sp³-hybridized carbons (Fsp3) is 0.412. The summed E-state index contributed by atoms with van der Waals surface area (Å²) in [6.45, 7) is 3.15. The van der Waals surface area contributed by atoms with Gasteiger partial charge in [0, 0.05) is 30.9 Å². The third-order valence-corrected chi connectivity index (χ3v) is 3.92. The van der Waals surface area contributed by atoms with E-state index in [0.717, 1.165) is 25.1 Å². The molecule has 1 aromatic carbocycles. The van der Waals surface area contributed by atoms with Gasteiger partial charge in [0.15, 0.2) is 6.61 Å². The maximum Gasteiger partial charge on any atom is 0.258 e. The highest BCUT2D eigenvalue weighted by Crippen LogP contribution is 2.20. The number of carbonyl (C=O) groups excluding carboxylic acids is 1. The summed E-state index contributed by atoms with van der Waals surface area (Å²) in [6.07, 6.45) is 1.82. The van der Waals surface area contributed by atoms with Crippen LogP contribution in [0.15, 0.2) is 34.9 Å². The van der Waals surface area contributed by atoms with Gasteiger partial charge in [0.1, 0.15) is 11.6 Å². The van der Waals surface area contributed by atoms with Gasteiger partial charge in [-0.2, -0.15) is 0 Å². The van der Waals surface area contributed by atoms with Crippen LogP contribution in [0.25, 0.3) is 0 Å². The van der Waals surface area contributed by atoms with Gasteiger partial charge in [0.25, 0.3) is 11.8 Å². The Morgan fingerprint density at radius 1 is 1.50 bits per heavy atom. The van der Waals surface area contributed by atoms with E-state index in [1.54, 1.807) is 19.1 Å². The van der Waals surface area contributed by atoms with Gasteiger partial charge < -0.3 is 19.5 Å². The van der Waals surface area contributed by atoms with Crippen LogP contribution in [0.2, 0.25) is 0 Å². The summed E-state index contributed by atoms with van der Waals surface area (Å²) in [7, 11) is 0. The average Bonchev–Trinajstić information content (AvgIpc) is 2.99. The summed E-state index contributed by atoms with van der Waals surface area (Å²) >= 11 is 0. The smallest absolute Gasteiger partial charge is 0.258 e. The summed E-state index contributed by atoms with van der Waals surface area (Å²) in [5, 5.41) is 6.63. The SMILES string of the molecule is Cc1cc(OCC(=O)N[C@H]2CCCN(c3cccc(F)c3)C2)no1. The zero-order valence-corrected chi connectivity index (χ0v) is 13.5. The number of aryl methyl sites for hydroxylation is 1. The Hall–Kier alpha value is -2.57. The quantitative estimate of drug-likeness (QED) is 0.909. The molecule has 0 radical (unpaired) electrons. The lowest BCUT2D eigenvalue weighted by molar-refractivity contribution is -0.123. The van der Waals surface area contributed by atoms with Crippen LogP contribution in [0.5, 0.6) is 5.88 Å². The lowest BCUT2D eigenvalue weighted by atomic mass is 10.0. The Labute approximate surface area is 139 Å². The molecule has 24 heavy (non-hydrogen) atoms. The number of carbonyl (C=O) groups is 1. The molecule has 1 amide bonds. The molecule has 1 N–H and O–H groups in total. The third-order valence-electron chi connectivity index (χ3n) is 3.92. The molecule has 1 aliphatic rings. The molecule has 0 bridgehead atoms. The van der Waals surface area contributed by atoms with Crippen LogP contribution in [0.3, 0.4) is 0 Å². The molecule has 1 aromatic heterocycles. The van der Waals surface area contributed by atoms with E-state index in [0.29, 0.717) is 18.2 Å². The number of halogens is 1. The summed E-state index contributed by atoms with van der Waals surface area (Å²) in [5.74, 6) is 0.466. The highest BCUT2D eigenvalue weighted by Gasteiger charge is 2.22. The standard InChI is InChI=1S/C17H20FN3O3/c1-12-8-17(20-24-12)23-11-16(22)19-14-5-3-7-21(10-14)15-6-2-4-13(18)9-15/h2,4,6,8-9,14H,3,5,7,10-11H2,1H3,(H,19,22)/t14-/m0/s1. The summed E-state index contributed by atoms with van der Waals surface area (Å²) in [5.41, 5.74) is 0.836. The minimum atomic E-state index is -0.255. The molecule has 2 heterocycles. The molecule has 1 atom stereocenters. The molecule has 1 saturated heterocycles. The first-order valence-corrected chi connectivity index (χ1v) is 7.96. The van der Waals surface area contributed by atoms with Gasteiger partial charge in [-0.1, -0.05) is 6.07 Å². The number of nitrogens with one attached hydrogen (secondary N) is 1. The molecule has 0 saturated carbocycles. The highest BCUT2D eigenvalue weighted by molar-refractivity contribution is 5.77. The number of piperidine rings is 1. The van der Waals surface area contributed by atoms with Crippen LogP contribution in [-0.2, 0) is 4.79 Å². The molecule has 128 valence electrons. The van der Waals surface area contributed by atoms with Gasteiger partial charge in [0.05, 0.1) is 0 Å². The van der Waals surface area contributed by atoms with Crippen molar-refractivity contribution < 1.29 is 18.4 Å². The number of anilines is 1. The largest absolute Gasteiger partial charge is 0.465 e. The number of benzene rings is 1. The van der Waals surface area contributed by atoms with Crippen molar-refractivity contribution >= 4 is 11.6 Å². The first kappa shape index (κ1) is 16.3. The zero-order chi connectivity index (χ0) is 16.9. The van der Waals surface area contributed by atoms with Crippen LogP contribution in [-0.4, -0.2) is 36.8 Å². The number of amides is 1. The van der Waals surface area contributed by atoms with Gasteiger partial charge in [-0.25, -0.2) is 4.39 Å². The lowest BCUT2D eigenvalue weighted by Crippen LogP contribution is -2.49. The zero-order valence-electron chi connectivity index (χ0n) is 13.5. The second-order valence-electron chi connectivity index (χ2n) is 5.90. The van der Waals surface area contributed by atoms with Gasteiger partial charge in [0.2, 0.25) is 0 Å². The van der Waals surface area contributed by atoms with Crippen LogP contribution in [0, 0.1) is 12.7 Å². The Balaban J connectivity index is 1.50. The number of ether oxygens (including phenoxy) is 1. The van der Waals surface area contributed by atoms with Gasteiger partial charge >= 0.3 is 0 Å². The number of hydrogen-bond acceptors (Lipinski definition) is 5. The van der Waals surface area contributed by atoms with E-state index in [2.05, 4.69) is 15.4 Å². The number of hydrogen-bond donors (Lipinski definition) is 1. The van der Waals surface area contributed by atoms with E-state index < -0.39 is 0 Å². The monoisotopic (exact) mass is 333 g/mol. The average molecular weight is 333 g/mol. The van der Waals surface area contributed by atoms with Crippen LogP contribution >= 0.6 is 0 Å². The van der Waals surface area contributed by atoms with E-state index in [1.807, 2.05) is 6.07 Å². The van der Waals surface area contributed by atoms with Gasteiger partial charge in [-0.3, -0.25) is 4.79 Å². The van der Waals surface area contributed by atoms with Crippen LogP contribution in [0.1, 0.15) is 18.6 Å². The van der Waals surface area contributed by atoms with Crippen molar-refractivity contribution in [1.29, 1.82) is 0 Å². The molecule has 1 aliphatic heterocycles. The lowest BCUT2D eigenvalue weighted by Gasteiger charge is -2.34. The van der Waals surface area contributed by atoms with Crippen molar-refractivity contribution in [3.05, 3.63) is 41.9 Å². The predicted octanol–water partition coefficient (Wildman–Crippen LogP) is 2.29. The minimum Gasteiger partial charge on any atom is -0.465 e. The van der Waals surface area contributed by atoms with Crippen LogP contribution < -0.4 is 15.0 Å². The number of nitrogens with zero attached hydrogens (tertiary/aromatic N) is 2. The second-order valence-corrected chi connectivity index (χ2v) is 5.90. The third kappa shape index (κ3) is 4.24. The molecule has 6 nitrogen and oxygen atoms in total. The summed E-state index contributed by atoms with van der Waals surface area (Å²) in [6, 6.07) is 8.15. The normalized spacial score (nSPS) is 17.6. The van der Waals surface area contributed by atoms with Crippen molar-refractivity contribution in [2.45, 2.75) is 25.8 Å². The second kappa shape index (κ2) is 7.33. The van der Waals surface area contributed by atoms with E-state index >= 15 is 0 Å². The highest BCUT2D eigenvalue weighted by atomic mass is 19.1. The fourth-order valence-electron chi connectivity index (χ4n) is 2.82. The molecule has 0 spiro atoms. The van der Waals surface area contributed by atoms with E-state index in [4.69, 9.17) is 9.26 Å². The first-order chi connectivity index (χ1) is 11.6. The van der Waals surface area contributed by atoms with E-state index in [9.17, 15) is 9.18 Å². The first-order valence-electron chi connectivity index (χ1n) is 7.96. The summed E-state index contributed by atoms with van der Waals surface area (Å²) < 4.78 is 23.5. The topological polar surface area (TPSA) is 67.6 Å². The molecule has 7 heteroatoms. The Morgan fingerprint density at radius 3 is 3.12 bits per heavy atom. The molecular weight excluding hydrogens is 313 g/mol. The maximum atomic E-state index is 13.4. The van der Waals surface area contributed by atoms with E-state index in [-0.39, 0.29) is 24.4 Å². The van der Waals surface area contributed by atoms with Crippen molar-refractivity contribution in [3.63, 3.8) is 0 Å². The Bertz CT molecular complexity index is 704. The van der Waals surface area contributed by atoms with Crippen molar-refractivity contribution in [2.75, 3.05) is 24.6 Å². The Kier molecular flexibility index (Phi) is 4.98. The molecule has 2 aromatic rings. The van der Waals surface area contributed by atoms with Crippen molar-refractivity contribution in [1.82, 2.24) is 10.5 Å². The predicted molar refractivity (Wildman–Crippen MR) is 86.5 cm³/mol. The maximum absolute atomic E-state index is 13.4. The van der Waals surface area contributed by atoms with Crippen molar-refractivity contribution in [2.24, 2.45) is 0 Å². The minimum absolute atomic E-state index is 0.0113. The molecule has 3 rings (SSSR count). The van der Waals surface area contributed by atoms with Gasteiger partial charge in [-0.15, -0.1) is 0 Å². The molecule has 0 aliphatic carbocycles. The molecule has 1 fully saturated rings. The van der Waals surface area contributed by atoms with Crippen LogP contribution in [0.4, 0.5) is 10.1 Å². The summed E-state index contributed by atoms with van der Waals surface area (Å²) in [4.78, 5) is 14.1. The fourth-order valence-corrected chi connectivity index (χ4v) is 2.82. The molecule has 0 unspecified atom stereocenters. The molecular formula is C17H20FN3O3. The van der Waals surface area contributed by atoms with Gasteiger partial charge in [-0.05, 0) is 43.1 Å². The van der Waals surface area contributed by atoms with E-state index in [1.165, 1.54) is 12.1 Å². The number of aromatic nitrogens is 1. The Morgan fingerprint density at radius 2 is 2.38 bits per heavy atom. The number of rotatable bonds is 5.